The number of likely N-dealkylation sites (tertiary alicyclic amines) is 1. The molecule has 4 heterocycles. The van der Waals surface area contributed by atoms with Crippen LogP contribution in [0, 0.1) is 6.92 Å². The smallest absolute Gasteiger partial charge is 0.295 e. The largest absolute Gasteiger partial charge is 0.871 e. The van der Waals surface area contributed by atoms with E-state index in [4.69, 9.17) is 11.6 Å². The zero-order valence-electron chi connectivity index (χ0n) is 18.4. The van der Waals surface area contributed by atoms with Crippen LogP contribution < -0.4 is 9.67 Å². The second kappa shape index (κ2) is 8.79. The summed E-state index contributed by atoms with van der Waals surface area (Å²) in [6.45, 7) is 2.69. The normalized spacial score (nSPS) is 17.7. The minimum atomic E-state index is -0.823. The zero-order valence-corrected chi connectivity index (χ0v) is 19.2. The number of pyridine rings is 1. The van der Waals surface area contributed by atoms with E-state index in [9.17, 15) is 14.7 Å². The standard InChI is InChI=1S/C25H22ClN5O3/c1-16-21(30-11-3-2-8-19(30)28-16)23(32)20-22(17-6-4-7-18(26)14-17)31(25(34)24(20)33)12-5-10-29-13-9-27-15-29/h2-4,6-9,11,13-15,22H,5,10,12H2,1H3,(H,32,33). The average Bonchev–Trinajstić information content (AvgIpc) is 3.51. The summed E-state index contributed by atoms with van der Waals surface area (Å²) in [5.41, 5.74) is 1.92. The number of imidazole rings is 2. The highest BCUT2D eigenvalue weighted by Gasteiger charge is 2.44. The van der Waals surface area contributed by atoms with Crippen LogP contribution in [0.1, 0.15) is 29.4 Å². The molecule has 1 atom stereocenters. The predicted octanol–water partition coefficient (Wildman–Crippen LogP) is 2.23. The number of nitrogens with one attached hydrogen (secondary N) is 1. The molecule has 4 aromatic rings. The minimum Gasteiger partial charge on any atom is -0.871 e. The van der Waals surface area contributed by atoms with E-state index in [1.165, 1.54) is 4.90 Å². The Hall–Kier alpha value is -3.91. The molecule has 0 radical (unpaired) electrons. The van der Waals surface area contributed by atoms with Crippen molar-refractivity contribution in [1.82, 2.24) is 19.3 Å². The maximum atomic E-state index is 13.8. The number of carbonyl (C=O) groups excluding carboxylic acids is 2. The van der Waals surface area contributed by atoms with E-state index in [-0.39, 0.29) is 11.3 Å². The number of hydrogen-bond donors (Lipinski definition) is 1. The molecule has 0 spiro atoms. The van der Waals surface area contributed by atoms with Gasteiger partial charge in [-0.15, -0.1) is 0 Å². The van der Waals surface area contributed by atoms with Gasteiger partial charge in [0.15, 0.2) is 0 Å². The molecular weight excluding hydrogens is 454 g/mol. The molecule has 0 aliphatic carbocycles. The van der Waals surface area contributed by atoms with Gasteiger partial charge in [0.25, 0.3) is 5.91 Å². The van der Waals surface area contributed by atoms with Crippen LogP contribution in [0.15, 0.2) is 73.0 Å². The van der Waals surface area contributed by atoms with Crippen LogP contribution in [0.25, 0.3) is 11.4 Å². The van der Waals surface area contributed by atoms with Crippen molar-refractivity contribution in [2.75, 3.05) is 6.54 Å². The Kier molecular flexibility index (Phi) is 5.67. The molecule has 0 saturated carbocycles. The van der Waals surface area contributed by atoms with Gasteiger partial charge in [-0.05, 0) is 36.8 Å². The highest BCUT2D eigenvalue weighted by atomic mass is 35.5. The second-order valence-corrected chi connectivity index (χ2v) is 8.64. The van der Waals surface area contributed by atoms with E-state index < -0.39 is 23.5 Å². The van der Waals surface area contributed by atoms with E-state index in [1.807, 2.05) is 29.4 Å². The number of ketones is 1. The van der Waals surface area contributed by atoms with Crippen molar-refractivity contribution < 1.29 is 19.3 Å². The lowest BCUT2D eigenvalue weighted by Crippen LogP contribution is -2.36. The van der Waals surface area contributed by atoms with Gasteiger partial charge in [0.2, 0.25) is 12.1 Å². The van der Waals surface area contributed by atoms with Gasteiger partial charge in [0, 0.05) is 29.8 Å². The van der Waals surface area contributed by atoms with E-state index in [2.05, 4.69) is 9.97 Å². The molecule has 34 heavy (non-hydrogen) atoms. The van der Waals surface area contributed by atoms with Gasteiger partial charge >= 0.3 is 0 Å². The van der Waals surface area contributed by atoms with Crippen molar-refractivity contribution in [1.29, 1.82) is 0 Å². The Bertz CT molecular complexity index is 1420. The summed E-state index contributed by atoms with van der Waals surface area (Å²) in [4.78, 5) is 35.3. The molecule has 1 aromatic carbocycles. The van der Waals surface area contributed by atoms with E-state index in [0.717, 1.165) is 0 Å². The van der Waals surface area contributed by atoms with Crippen LogP contribution in [0.3, 0.4) is 0 Å². The number of aromatic amines is 1. The van der Waals surface area contributed by atoms with Crippen LogP contribution in [0.2, 0.25) is 5.02 Å². The Morgan fingerprint density at radius 1 is 1.24 bits per heavy atom. The van der Waals surface area contributed by atoms with Gasteiger partial charge < -0.3 is 14.4 Å². The zero-order chi connectivity index (χ0) is 23.8. The predicted molar refractivity (Wildman–Crippen MR) is 123 cm³/mol. The van der Waals surface area contributed by atoms with Crippen LogP contribution in [-0.4, -0.2) is 37.5 Å². The summed E-state index contributed by atoms with van der Waals surface area (Å²) in [6, 6.07) is 11.5. The summed E-state index contributed by atoms with van der Waals surface area (Å²) >= 11 is 6.24. The van der Waals surface area contributed by atoms with Crippen molar-refractivity contribution in [3.05, 3.63) is 94.9 Å². The fourth-order valence-corrected chi connectivity index (χ4v) is 4.72. The van der Waals surface area contributed by atoms with E-state index >= 15 is 0 Å². The molecule has 8 nitrogen and oxygen atoms in total. The second-order valence-electron chi connectivity index (χ2n) is 8.21. The van der Waals surface area contributed by atoms with E-state index in [0.29, 0.717) is 41.4 Å². The number of carbonyl (C=O) groups is 2. The van der Waals surface area contributed by atoms with Crippen molar-refractivity contribution in [2.45, 2.75) is 25.9 Å². The molecule has 1 aliphatic heterocycles. The fraction of sp³-hybridized carbons (Fsp3) is 0.200. The van der Waals surface area contributed by atoms with Gasteiger partial charge in [-0.3, -0.25) is 14.6 Å². The highest BCUT2D eigenvalue weighted by molar-refractivity contribution is 6.46. The first kappa shape index (κ1) is 21.9. The third-order valence-electron chi connectivity index (χ3n) is 6.03. The molecule has 0 bridgehead atoms. The number of rotatable bonds is 6. The summed E-state index contributed by atoms with van der Waals surface area (Å²) < 4.78 is 3.61. The van der Waals surface area contributed by atoms with Gasteiger partial charge in [-0.1, -0.05) is 35.6 Å². The number of H-pyrrole nitrogens is 1. The van der Waals surface area contributed by atoms with Gasteiger partial charge in [-0.25, -0.2) is 9.55 Å². The maximum absolute atomic E-state index is 13.8. The molecule has 172 valence electrons. The number of aryl methyl sites for hydroxylation is 2. The number of nitrogens with zero attached hydrogens (tertiary/aromatic N) is 4. The molecule has 1 aliphatic rings. The molecule has 5 rings (SSSR count). The van der Waals surface area contributed by atoms with Crippen molar-refractivity contribution in [2.24, 2.45) is 0 Å². The van der Waals surface area contributed by atoms with Crippen molar-refractivity contribution >= 4 is 34.7 Å². The van der Waals surface area contributed by atoms with Gasteiger partial charge in [0.05, 0.1) is 24.0 Å². The maximum Gasteiger partial charge on any atom is 0.295 e. The summed E-state index contributed by atoms with van der Waals surface area (Å²) in [6.07, 6.45) is 7.85. The highest BCUT2D eigenvalue weighted by Crippen LogP contribution is 2.39. The molecular formula is C25H22ClN5O3. The third-order valence-corrected chi connectivity index (χ3v) is 6.27. The van der Waals surface area contributed by atoms with E-state index in [1.54, 1.807) is 53.9 Å². The minimum absolute atomic E-state index is 0.0738. The molecule has 3 aromatic heterocycles. The first-order valence-electron chi connectivity index (χ1n) is 10.9. The van der Waals surface area contributed by atoms with Crippen LogP contribution >= 0.6 is 11.6 Å². The quantitative estimate of drug-likeness (QED) is 0.200. The number of aromatic nitrogens is 4. The number of halogens is 1. The summed E-state index contributed by atoms with van der Waals surface area (Å²) in [7, 11) is 0. The Labute approximate surface area is 200 Å². The van der Waals surface area contributed by atoms with Crippen molar-refractivity contribution in [3.8, 4) is 0 Å². The van der Waals surface area contributed by atoms with Crippen LogP contribution in [-0.2, 0) is 16.1 Å². The molecule has 1 amide bonds. The monoisotopic (exact) mass is 475 g/mol. The lowest BCUT2D eigenvalue weighted by molar-refractivity contribution is -0.695. The number of fused-ring (bicyclic) bond motifs is 1. The Balaban J connectivity index is 1.61. The first-order chi connectivity index (χ1) is 16.5. The van der Waals surface area contributed by atoms with Crippen LogP contribution in [0.5, 0.6) is 0 Å². The number of Topliss-reactive ketones (excluding diaryl/α,β-unsaturated/α-hetero) is 1. The molecule has 1 unspecified atom stereocenters. The molecule has 9 heteroatoms. The summed E-state index contributed by atoms with van der Waals surface area (Å²) in [5.74, 6) is -1.96. The number of hydrogen-bond acceptors (Lipinski definition) is 4. The molecule has 1 N–H and O–H groups in total. The van der Waals surface area contributed by atoms with Crippen LogP contribution in [0.4, 0.5) is 0 Å². The molecule has 1 saturated heterocycles. The Morgan fingerprint density at radius 2 is 2.09 bits per heavy atom. The third kappa shape index (κ3) is 3.76. The number of benzene rings is 1. The SMILES string of the molecule is Cc1nc2ccccn2c1C([O-])=C1C(=O)C(=O)N(CCC[n+]2cc[nH]c2)C1c1cccc(Cl)c1. The van der Waals surface area contributed by atoms with Gasteiger partial charge in [-0.2, -0.15) is 0 Å². The van der Waals surface area contributed by atoms with Crippen molar-refractivity contribution in [3.63, 3.8) is 0 Å². The lowest BCUT2D eigenvalue weighted by Gasteiger charge is -2.27. The molecule has 1 fully saturated rings. The topological polar surface area (TPSA) is 97.4 Å². The average molecular weight is 476 g/mol. The lowest BCUT2D eigenvalue weighted by atomic mass is 9.96. The fourth-order valence-electron chi connectivity index (χ4n) is 4.52. The van der Waals surface area contributed by atoms with Gasteiger partial charge in [0.1, 0.15) is 18.0 Å². The Morgan fingerprint density at radius 3 is 2.85 bits per heavy atom. The number of amides is 1. The summed E-state index contributed by atoms with van der Waals surface area (Å²) in [5, 5.41) is 14.3. The first-order valence-corrected chi connectivity index (χ1v) is 11.3.